The van der Waals surface area contributed by atoms with Gasteiger partial charge in [-0.2, -0.15) is 0 Å². The molecule has 0 saturated carbocycles. The highest BCUT2D eigenvalue weighted by Gasteiger charge is 2.22. The number of amides is 1. The molecule has 0 aromatic heterocycles. The molecule has 3 rings (SSSR count). The van der Waals surface area contributed by atoms with E-state index in [9.17, 15) is 13.2 Å². The monoisotopic (exact) mass is 431 g/mol. The first kappa shape index (κ1) is 22.1. The lowest BCUT2D eigenvalue weighted by Crippen LogP contribution is -2.48. The van der Waals surface area contributed by atoms with E-state index >= 15 is 0 Å². The summed E-state index contributed by atoms with van der Waals surface area (Å²) < 4.78 is 31.9. The maximum absolute atomic E-state index is 12.6. The van der Waals surface area contributed by atoms with Gasteiger partial charge in [-0.1, -0.05) is 31.2 Å². The number of methoxy groups -OCH3 is 1. The fourth-order valence-electron chi connectivity index (χ4n) is 3.61. The molecule has 0 bridgehead atoms. The van der Waals surface area contributed by atoms with Crippen LogP contribution in [0, 0.1) is 0 Å². The van der Waals surface area contributed by atoms with Gasteiger partial charge in [0.1, 0.15) is 5.75 Å². The molecular formula is C22H29N3O4S. The minimum Gasteiger partial charge on any atom is -0.495 e. The van der Waals surface area contributed by atoms with Crippen LogP contribution in [0.4, 0.5) is 5.69 Å². The first-order valence-electron chi connectivity index (χ1n) is 10.2. The Kier molecular flexibility index (Phi) is 7.33. The number of anilines is 1. The first-order chi connectivity index (χ1) is 14.4. The quantitative estimate of drug-likeness (QED) is 0.694. The zero-order valence-electron chi connectivity index (χ0n) is 17.5. The van der Waals surface area contributed by atoms with Crippen LogP contribution in [0.2, 0.25) is 0 Å². The van der Waals surface area contributed by atoms with Crippen LogP contribution in [0.3, 0.4) is 0 Å². The van der Waals surface area contributed by atoms with Gasteiger partial charge in [0, 0.05) is 39.1 Å². The van der Waals surface area contributed by atoms with E-state index in [1.54, 1.807) is 38.3 Å². The highest BCUT2D eigenvalue weighted by molar-refractivity contribution is 7.89. The van der Waals surface area contributed by atoms with Crippen molar-refractivity contribution < 1.29 is 17.9 Å². The third kappa shape index (κ3) is 5.31. The number of hydrogen-bond donors (Lipinski definition) is 1. The van der Waals surface area contributed by atoms with E-state index in [0.717, 1.165) is 30.1 Å². The Labute approximate surface area is 178 Å². The maximum atomic E-state index is 12.6. The van der Waals surface area contributed by atoms with E-state index in [2.05, 4.69) is 9.62 Å². The SMILES string of the molecule is CCNS(=O)(=O)c1ccc(CCC(=O)N2CCN(c3ccccc3OC)CC2)cc1. The highest BCUT2D eigenvalue weighted by atomic mass is 32.2. The molecule has 2 aromatic carbocycles. The summed E-state index contributed by atoms with van der Waals surface area (Å²) >= 11 is 0. The van der Waals surface area contributed by atoms with Gasteiger partial charge in [-0.25, -0.2) is 13.1 Å². The van der Waals surface area contributed by atoms with Crippen molar-refractivity contribution in [3.8, 4) is 5.75 Å². The molecule has 1 amide bonds. The summed E-state index contributed by atoms with van der Waals surface area (Å²) in [5.41, 5.74) is 2.01. The molecule has 1 saturated heterocycles. The van der Waals surface area contributed by atoms with Crippen LogP contribution >= 0.6 is 0 Å². The van der Waals surface area contributed by atoms with E-state index in [4.69, 9.17) is 4.74 Å². The van der Waals surface area contributed by atoms with Crippen LogP contribution in [0.5, 0.6) is 5.75 Å². The Morgan fingerprint density at radius 2 is 1.70 bits per heavy atom. The van der Waals surface area contributed by atoms with E-state index in [1.807, 2.05) is 29.2 Å². The van der Waals surface area contributed by atoms with Crippen molar-refractivity contribution >= 4 is 21.6 Å². The Hall–Kier alpha value is -2.58. The van der Waals surface area contributed by atoms with Crippen molar-refractivity contribution in [2.75, 3.05) is 44.7 Å². The largest absolute Gasteiger partial charge is 0.495 e. The van der Waals surface area contributed by atoms with E-state index in [0.29, 0.717) is 32.5 Å². The number of carbonyl (C=O) groups excluding carboxylic acids is 1. The number of carbonyl (C=O) groups is 1. The molecule has 1 heterocycles. The normalized spacial score (nSPS) is 14.6. The number of nitrogens with zero attached hydrogens (tertiary/aromatic N) is 2. The predicted octanol–water partition coefficient (Wildman–Crippen LogP) is 2.27. The average Bonchev–Trinajstić information content (AvgIpc) is 2.78. The molecule has 1 aliphatic rings. The summed E-state index contributed by atoms with van der Waals surface area (Å²) in [5, 5.41) is 0. The molecule has 8 heteroatoms. The van der Waals surface area contributed by atoms with Crippen LogP contribution in [-0.2, 0) is 21.2 Å². The van der Waals surface area contributed by atoms with Crippen molar-refractivity contribution in [1.82, 2.24) is 9.62 Å². The Morgan fingerprint density at radius 3 is 2.33 bits per heavy atom. The lowest BCUT2D eigenvalue weighted by molar-refractivity contribution is -0.131. The number of nitrogens with one attached hydrogen (secondary N) is 1. The first-order valence-corrected chi connectivity index (χ1v) is 11.7. The molecular weight excluding hydrogens is 402 g/mol. The Bertz CT molecular complexity index is 953. The number of piperazine rings is 1. The molecule has 2 aromatic rings. The third-order valence-corrected chi connectivity index (χ3v) is 6.82. The van der Waals surface area contributed by atoms with Crippen LogP contribution < -0.4 is 14.4 Å². The van der Waals surface area contributed by atoms with Gasteiger partial charge in [0.15, 0.2) is 0 Å². The van der Waals surface area contributed by atoms with Crippen molar-refractivity contribution in [1.29, 1.82) is 0 Å². The molecule has 0 spiro atoms. The van der Waals surface area contributed by atoms with Gasteiger partial charge in [-0.3, -0.25) is 4.79 Å². The number of rotatable bonds is 8. The van der Waals surface area contributed by atoms with Crippen LogP contribution in [0.1, 0.15) is 18.9 Å². The smallest absolute Gasteiger partial charge is 0.240 e. The summed E-state index contributed by atoms with van der Waals surface area (Å²) in [7, 11) is -1.78. The number of hydrogen-bond acceptors (Lipinski definition) is 5. The van der Waals surface area contributed by atoms with Gasteiger partial charge < -0.3 is 14.5 Å². The number of sulfonamides is 1. The highest BCUT2D eigenvalue weighted by Crippen LogP contribution is 2.28. The van der Waals surface area contributed by atoms with Crippen LogP contribution in [0.15, 0.2) is 53.4 Å². The van der Waals surface area contributed by atoms with Crippen molar-refractivity contribution in [2.24, 2.45) is 0 Å². The van der Waals surface area contributed by atoms with Crippen LogP contribution in [-0.4, -0.2) is 59.1 Å². The van der Waals surface area contributed by atoms with Crippen molar-refractivity contribution in [2.45, 2.75) is 24.7 Å². The fourth-order valence-corrected chi connectivity index (χ4v) is 4.65. The minimum absolute atomic E-state index is 0.124. The summed E-state index contributed by atoms with van der Waals surface area (Å²) in [6.45, 7) is 4.98. The number of benzene rings is 2. The van der Waals surface area contributed by atoms with Gasteiger partial charge in [0.05, 0.1) is 17.7 Å². The van der Waals surface area contributed by atoms with E-state index in [-0.39, 0.29) is 10.8 Å². The second-order valence-corrected chi connectivity index (χ2v) is 8.95. The van der Waals surface area contributed by atoms with Gasteiger partial charge in [-0.05, 0) is 36.2 Å². The molecule has 7 nitrogen and oxygen atoms in total. The Morgan fingerprint density at radius 1 is 1.03 bits per heavy atom. The van der Waals surface area contributed by atoms with Gasteiger partial charge >= 0.3 is 0 Å². The lowest BCUT2D eigenvalue weighted by atomic mass is 10.1. The molecule has 0 atom stereocenters. The van der Waals surface area contributed by atoms with Crippen molar-refractivity contribution in [3.05, 3.63) is 54.1 Å². The fraction of sp³-hybridized carbons (Fsp3) is 0.409. The van der Waals surface area contributed by atoms with Gasteiger partial charge in [-0.15, -0.1) is 0 Å². The average molecular weight is 432 g/mol. The summed E-state index contributed by atoms with van der Waals surface area (Å²) in [6.07, 6.45) is 1.00. The van der Waals surface area contributed by atoms with Gasteiger partial charge in [0.2, 0.25) is 15.9 Å². The molecule has 1 aliphatic heterocycles. The third-order valence-electron chi connectivity index (χ3n) is 5.25. The minimum atomic E-state index is -3.45. The molecule has 30 heavy (non-hydrogen) atoms. The molecule has 1 fully saturated rings. The van der Waals surface area contributed by atoms with E-state index < -0.39 is 10.0 Å². The van der Waals surface area contributed by atoms with E-state index in [1.165, 1.54) is 0 Å². The standard InChI is InChI=1S/C22H29N3O4S/c1-3-23-30(27,28)19-11-8-18(9-12-19)10-13-22(26)25-16-14-24(15-17-25)20-6-4-5-7-21(20)29-2/h4-9,11-12,23H,3,10,13-17H2,1-2H3. The summed E-state index contributed by atoms with van der Waals surface area (Å²) in [6, 6.07) is 14.6. The predicted molar refractivity (Wildman–Crippen MR) is 117 cm³/mol. The summed E-state index contributed by atoms with van der Waals surface area (Å²) in [4.78, 5) is 17.0. The van der Waals surface area contributed by atoms with Crippen molar-refractivity contribution in [3.63, 3.8) is 0 Å². The molecule has 0 aliphatic carbocycles. The number of para-hydroxylation sites is 2. The Balaban J connectivity index is 1.50. The topological polar surface area (TPSA) is 79.0 Å². The molecule has 162 valence electrons. The molecule has 0 unspecified atom stereocenters. The summed E-state index contributed by atoms with van der Waals surface area (Å²) in [5.74, 6) is 0.968. The maximum Gasteiger partial charge on any atom is 0.240 e. The second-order valence-electron chi connectivity index (χ2n) is 7.18. The number of ether oxygens (including phenoxy) is 1. The molecule has 0 radical (unpaired) electrons. The second kappa shape index (κ2) is 9.95. The number of aryl methyl sites for hydroxylation is 1. The zero-order valence-corrected chi connectivity index (χ0v) is 18.3. The van der Waals surface area contributed by atoms with Gasteiger partial charge in [0.25, 0.3) is 0 Å². The van der Waals surface area contributed by atoms with Crippen LogP contribution in [0.25, 0.3) is 0 Å². The zero-order chi connectivity index (χ0) is 21.6. The lowest BCUT2D eigenvalue weighted by Gasteiger charge is -2.36. The molecule has 1 N–H and O–H groups in total.